The van der Waals surface area contributed by atoms with Gasteiger partial charge in [-0.3, -0.25) is 9.48 Å². The summed E-state index contributed by atoms with van der Waals surface area (Å²) in [5.41, 5.74) is 4.79. The number of hydrazone groups is 1. The van der Waals surface area contributed by atoms with E-state index < -0.39 is 0 Å². The van der Waals surface area contributed by atoms with Crippen molar-refractivity contribution in [2.45, 2.75) is 6.54 Å². The maximum atomic E-state index is 12.1. The topological polar surface area (TPSA) is 59.3 Å². The standard InChI is InChI=1S/C18H14Br2N4O/c19-15-6-4-13(5-7-15)11-21-22-18(25)17-8-9-24(23-17)12-14-2-1-3-16(20)10-14/h1-11H,12H2,(H,22,25)/b21-11-. The Balaban J connectivity index is 1.59. The highest BCUT2D eigenvalue weighted by Crippen LogP contribution is 2.12. The molecule has 1 heterocycles. The van der Waals surface area contributed by atoms with Crippen LogP contribution in [0, 0.1) is 0 Å². The number of halogens is 2. The van der Waals surface area contributed by atoms with E-state index in [0.717, 1.165) is 20.1 Å². The van der Waals surface area contributed by atoms with Crippen LogP contribution in [0.2, 0.25) is 0 Å². The summed E-state index contributed by atoms with van der Waals surface area (Å²) in [7, 11) is 0. The van der Waals surface area contributed by atoms with Crippen LogP contribution in [0.1, 0.15) is 21.6 Å². The number of nitrogens with zero attached hydrogens (tertiary/aromatic N) is 3. The van der Waals surface area contributed by atoms with Gasteiger partial charge in [-0.2, -0.15) is 10.2 Å². The molecule has 3 aromatic rings. The quantitative estimate of drug-likeness (QED) is 0.456. The third-order valence-electron chi connectivity index (χ3n) is 3.36. The Morgan fingerprint density at radius 3 is 2.68 bits per heavy atom. The Morgan fingerprint density at radius 1 is 1.12 bits per heavy atom. The van der Waals surface area contributed by atoms with E-state index >= 15 is 0 Å². The lowest BCUT2D eigenvalue weighted by atomic mass is 10.2. The second kappa shape index (κ2) is 8.22. The molecule has 0 unspecified atom stereocenters. The van der Waals surface area contributed by atoms with Crippen LogP contribution in [0.4, 0.5) is 0 Å². The molecule has 0 aliphatic heterocycles. The Kier molecular flexibility index (Phi) is 5.78. The highest BCUT2D eigenvalue weighted by atomic mass is 79.9. The number of benzene rings is 2. The van der Waals surface area contributed by atoms with E-state index in [1.165, 1.54) is 0 Å². The molecular formula is C18H14Br2N4O. The van der Waals surface area contributed by atoms with Crippen molar-refractivity contribution < 1.29 is 4.79 Å². The van der Waals surface area contributed by atoms with Crippen molar-refractivity contribution in [3.63, 3.8) is 0 Å². The zero-order valence-electron chi connectivity index (χ0n) is 13.1. The van der Waals surface area contributed by atoms with Crippen molar-refractivity contribution in [1.82, 2.24) is 15.2 Å². The van der Waals surface area contributed by atoms with E-state index in [4.69, 9.17) is 0 Å². The fourth-order valence-electron chi connectivity index (χ4n) is 2.16. The molecule has 25 heavy (non-hydrogen) atoms. The molecule has 0 saturated heterocycles. The first kappa shape index (κ1) is 17.6. The van der Waals surface area contributed by atoms with Crippen molar-refractivity contribution in [2.75, 3.05) is 0 Å². The van der Waals surface area contributed by atoms with Gasteiger partial charge in [-0.05, 0) is 41.5 Å². The van der Waals surface area contributed by atoms with E-state index in [-0.39, 0.29) is 5.91 Å². The third kappa shape index (κ3) is 5.11. The third-order valence-corrected chi connectivity index (χ3v) is 4.38. The van der Waals surface area contributed by atoms with Crippen LogP contribution in [-0.2, 0) is 6.54 Å². The lowest BCUT2D eigenvalue weighted by molar-refractivity contribution is 0.0949. The SMILES string of the molecule is O=C(N/N=C\c1ccc(Br)cc1)c1ccn(Cc2cccc(Br)c2)n1. The van der Waals surface area contributed by atoms with Crippen LogP contribution in [0.5, 0.6) is 0 Å². The molecule has 3 rings (SSSR count). The second-order valence-corrected chi connectivity index (χ2v) is 7.11. The minimum absolute atomic E-state index is 0.322. The second-order valence-electron chi connectivity index (χ2n) is 5.28. The molecule has 0 aliphatic rings. The number of hydrogen-bond acceptors (Lipinski definition) is 3. The summed E-state index contributed by atoms with van der Waals surface area (Å²) in [5, 5.41) is 8.24. The van der Waals surface area contributed by atoms with Crippen molar-refractivity contribution in [3.8, 4) is 0 Å². The summed E-state index contributed by atoms with van der Waals surface area (Å²) >= 11 is 6.81. The van der Waals surface area contributed by atoms with E-state index in [1.807, 2.05) is 48.5 Å². The van der Waals surface area contributed by atoms with Crippen molar-refractivity contribution in [2.24, 2.45) is 5.10 Å². The zero-order chi connectivity index (χ0) is 17.6. The molecule has 126 valence electrons. The predicted molar refractivity (Wildman–Crippen MR) is 105 cm³/mol. The number of hydrogen-bond donors (Lipinski definition) is 1. The molecule has 2 aromatic carbocycles. The number of aromatic nitrogens is 2. The molecule has 0 saturated carbocycles. The Bertz CT molecular complexity index is 903. The van der Waals surface area contributed by atoms with Gasteiger partial charge >= 0.3 is 0 Å². The molecule has 0 spiro atoms. The number of amides is 1. The molecule has 0 aliphatic carbocycles. The van der Waals surface area contributed by atoms with Gasteiger partial charge in [0.15, 0.2) is 5.69 Å². The average molecular weight is 462 g/mol. The molecule has 5 nitrogen and oxygen atoms in total. The van der Waals surface area contributed by atoms with Crippen molar-refractivity contribution >= 4 is 44.0 Å². The van der Waals surface area contributed by atoms with E-state index in [1.54, 1.807) is 23.2 Å². The van der Waals surface area contributed by atoms with Gasteiger partial charge in [0.1, 0.15) is 0 Å². The molecule has 0 bridgehead atoms. The summed E-state index contributed by atoms with van der Waals surface area (Å²) in [6, 6.07) is 17.2. The molecule has 1 N–H and O–H groups in total. The molecule has 0 atom stereocenters. The van der Waals surface area contributed by atoms with Crippen molar-refractivity contribution in [1.29, 1.82) is 0 Å². The van der Waals surface area contributed by atoms with Crippen LogP contribution in [0.25, 0.3) is 0 Å². The molecule has 7 heteroatoms. The van der Waals surface area contributed by atoms with Crippen LogP contribution in [-0.4, -0.2) is 21.9 Å². The maximum Gasteiger partial charge on any atom is 0.291 e. The fraction of sp³-hybridized carbons (Fsp3) is 0.0556. The summed E-state index contributed by atoms with van der Waals surface area (Å²) in [5.74, 6) is -0.346. The Labute approximate surface area is 162 Å². The summed E-state index contributed by atoms with van der Waals surface area (Å²) in [6.45, 7) is 0.592. The van der Waals surface area contributed by atoms with Crippen LogP contribution in [0.15, 0.2) is 74.8 Å². The van der Waals surface area contributed by atoms with Crippen LogP contribution >= 0.6 is 31.9 Å². The monoisotopic (exact) mass is 460 g/mol. The lowest BCUT2D eigenvalue weighted by Crippen LogP contribution is -2.18. The van der Waals surface area contributed by atoms with E-state index in [0.29, 0.717) is 12.2 Å². The van der Waals surface area contributed by atoms with Gasteiger partial charge < -0.3 is 0 Å². The predicted octanol–water partition coefficient (Wildman–Crippen LogP) is 4.22. The first-order chi connectivity index (χ1) is 12.1. The number of carbonyl (C=O) groups is 1. The Morgan fingerprint density at radius 2 is 1.92 bits per heavy atom. The first-order valence-electron chi connectivity index (χ1n) is 7.47. The number of rotatable bonds is 5. The summed E-state index contributed by atoms with van der Waals surface area (Å²) in [6.07, 6.45) is 3.36. The zero-order valence-corrected chi connectivity index (χ0v) is 16.2. The fourth-order valence-corrected chi connectivity index (χ4v) is 2.88. The lowest BCUT2D eigenvalue weighted by Gasteiger charge is -2.02. The van der Waals surface area contributed by atoms with Gasteiger partial charge in [0.25, 0.3) is 5.91 Å². The molecule has 1 aromatic heterocycles. The van der Waals surface area contributed by atoms with E-state index in [2.05, 4.69) is 47.5 Å². The van der Waals surface area contributed by atoms with Gasteiger partial charge in [0.05, 0.1) is 12.8 Å². The van der Waals surface area contributed by atoms with Gasteiger partial charge in [-0.25, -0.2) is 5.43 Å². The van der Waals surface area contributed by atoms with Gasteiger partial charge in [-0.15, -0.1) is 0 Å². The molecule has 0 radical (unpaired) electrons. The van der Waals surface area contributed by atoms with Crippen LogP contribution < -0.4 is 5.43 Å². The van der Waals surface area contributed by atoms with Crippen molar-refractivity contribution in [3.05, 3.63) is 86.6 Å². The van der Waals surface area contributed by atoms with Crippen LogP contribution in [0.3, 0.4) is 0 Å². The minimum Gasteiger partial charge on any atom is -0.268 e. The molecule has 0 fully saturated rings. The smallest absolute Gasteiger partial charge is 0.268 e. The summed E-state index contributed by atoms with van der Waals surface area (Å²) < 4.78 is 3.72. The van der Waals surface area contributed by atoms with Gasteiger partial charge in [0.2, 0.25) is 0 Å². The number of nitrogens with one attached hydrogen (secondary N) is 1. The number of carbonyl (C=O) groups excluding carboxylic acids is 1. The maximum absolute atomic E-state index is 12.1. The highest BCUT2D eigenvalue weighted by Gasteiger charge is 2.08. The van der Waals surface area contributed by atoms with E-state index in [9.17, 15) is 4.79 Å². The highest BCUT2D eigenvalue weighted by molar-refractivity contribution is 9.10. The normalized spacial score (nSPS) is 11.0. The largest absolute Gasteiger partial charge is 0.291 e. The summed E-state index contributed by atoms with van der Waals surface area (Å²) in [4.78, 5) is 12.1. The van der Waals surface area contributed by atoms with Gasteiger partial charge in [-0.1, -0.05) is 56.1 Å². The van der Waals surface area contributed by atoms with Gasteiger partial charge in [0, 0.05) is 15.1 Å². The first-order valence-corrected chi connectivity index (χ1v) is 9.05. The average Bonchev–Trinajstić information content (AvgIpc) is 3.05. The minimum atomic E-state index is -0.346. The Hall–Kier alpha value is -2.25. The molecule has 1 amide bonds. The molecular weight excluding hydrogens is 448 g/mol.